The van der Waals surface area contributed by atoms with Gasteiger partial charge in [-0.25, -0.2) is 0 Å². The smallest absolute Gasteiger partial charge is 0.147 e. The van der Waals surface area contributed by atoms with Crippen molar-refractivity contribution in [1.29, 1.82) is 0 Å². The second kappa shape index (κ2) is 7.15. The summed E-state index contributed by atoms with van der Waals surface area (Å²) in [6, 6.07) is 0. The van der Waals surface area contributed by atoms with E-state index in [1.54, 1.807) is 0 Å². The van der Waals surface area contributed by atoms with Gasteiger partial charge in [-0.1, -0.05) is 13.3 Å². The second-order valence-electron chi connectivity index (χ2n) is 5.92. The number of nitrogens with one attached hydrogen (secondary N) is 1. The maximum Gasteiger partial charge on any atom is 0.147 e. The van der Waals surface area contributed by atoms with E-state index in [-0.39, 0.29) is 12.1 Å². The van der Waals surface area contributed by atoms with Crippen molar-refractivity contribution in [3.8, 4) is 0 Å². The summed E-state index contributed by atoms with van der Waals surface area (Å²) in [5, 5.41) is 20.9. The zero-order valence-electron chi connectivity index (χ0n) is 12.7. The standard InChI is InChI=1S/C14H27N5O/c1-3-15-14(2,11-20)6-4-5-7-18-8-9-19-12-16-17-13(19)10-18/h12,15,20H,3-11H2,1-2H3. The largest absolute Gasteiger partial charge is 0.394 e. The van der Waals surface area contributed by atoms with E-state index in [2.05, 4.69) is 38.8 Å². The molecule has 0 aromatic carbocycles. The number of unbranched alkanes of at least 4 members (excludes halogenated alkanes) is 1. The van der Waals surface area contributed by atoms with Crippen LogP contribution in [0.15, 0.2) is 6.33 Å². The Morgan fingerprint density at radius 2 is 2.25 bits per heavy atom. The van der Waals surface area contributed by atoms with Crippen LogP contribution in [0, 0.1) is 0 Å². The summed E-state index contributed by atoms with van der Waals surface area (Å²) in [7, 11) is 0. The lowest BCUT2D eigenvalue weighted by Gasteiger charge is -2.30. The van der Waals surface area contributed by atoms with Crippen LogP contribution in [0.25, 0.3) is 0 Å². The average Bonchev–Trinajstić information content (AvgIpc) is 2.91. The summed E-state index contributed by atoms with van der Waals surface area (Å²) in [5.74, 6) is 1.07. The Morgan fingerprint density at radius 3 is 3.00 bits per heavy atom. The first-order valence-corrected chi connectivity index (χ1v) is 7.62. The number of likely N-dealkylation sites (N-methyl/N-ethyl adjacent to an activating group) is 1. The fourth-order valence-electron chi connectivity index (χ4n) is 2.81. The molecule has 0 fully saturated rings. The molecule has 2 rings (SSSR count). The monoisotopic (exact) mass is 281 g/mol. The summed E-state index contributed by atoms with van der Waals surface area (Å²) in [6.07, 6.45) is 5.12. The van der Waals surface area contributed by atoms with Gasteiger partial charge in [-0.2, -0.15) is 0 Å². The third-order valence-corrected chi connectivity index (χ3v) is 4.12. The molecule has 2 heterocycles. The number of hydrogen-bond donors (Lipinski definition) is 2. The Bertz CT molecular complexity index is 408. The van der Waals surface area contributed by atoms with Gasteiger partial charge in [-0.05, 0) is 32.9 Å². The van der Waals surface area contributed by atoms with Gasteiger partial charge >= 0.3 is 0 Å². The Balaban J connectivity index is 1.67. The molecule has 0 amide bonds. The van der Waals surface area contributed by atoms with Crippen LogP contribution in [0.3, 0.4) is 0 Å². The lowest BCUT2D eigenvalue weighted by Crippen LogP contribution is -2.45. The van der Waals surface area contributed by atoms with E-state index in [1.165, 1.54) is 0 Å². The zero-order valence-corrected chi connectivity index (χ0v) is 12.7. The molecule has 0 radical (unpaired) electrons. The van der Waals surface area contributed by atoms with Crippen LogP contribution < -0.4 is 5.32 Å². The number of aromatic nitrogens is 3. The molecule has 1 atom stereocenters. The highest BCUT2D eigenvalue weighted by Crippen LogP contribution is 2.15. The molecule has 0 saturated heterocycles. The fourth-order valence-corrected chi connectivity index (χ4v) is 2.81. The van der Waals surface area contributed by atoms with Crippen molar-refractivity contribution in [3.05, 3.63) is 12.2 Å². The Hall–Kier alpha value is -0.980. The highest BCUT2D eigenvalue weighted by atomic mass is 16.3. The van der Waals surface area contributed by atoms with Crippen molar-refractivity contribution in [2.75, 3.05) is 26.2 Å². The van der Waals surface area contributed by atoms with E-state index >= 15 is 0 Å². The number of rotatable bonds is 8. The minimum atomic E-state index is -0.128. The van der Waals surface area contributed by atoms with Crippen LogP contribution in [0.5, 0.6) is 0 Å². The lowest BCUT2D eigenvalue weighted by atomic mass is 9.95. The van der Waals surface area contributed by atoms with Crippen LogP contribution >= 0.6 is 0 Å². The molecular formula is C14H27N5O. The Kier molecular flexibility index (Phi) is 5.51. The van der Waals surface area contributed by atoms with E-state index in [1.807, 2.05) is 6.33 Å². The number of aliphatic hydroxyl groups excluding tert-OH is 1. The molecule has 1 aromatic heterocycles. The van der Waals surface area contributed by atoms with Gasteiger partial charge in [-0.3, -0.25) is 4.90 Å². The first-order chi connectivity index (χ1) is 9.67. The molecule has 1 unspecified atom stereocenters. The molecule has 6 nitrogen and oxygen atoms in total. The maximum atomic E-state index is 9.46. The highest BCUT2D eigenvalue weighted by molar-refractivity contribution is 4.90. The molecule has 1 aliphatic heterocycles. The van der Waals surface area contributed by atoms with Gasteiger partial charge in [0.25, 0.3) is 0 Å². The lowest BCUT2D eigenvalue weighted by molar-refractivity contribution is 0.160. The molecule has 1 aromatic rings. The Labute approximate surface area is 121 Å². The second-order valence-corrected chi connectivity index (χ2v) is 5.92. The molecule has 0 aliphatic carbocycles. The Morgan fingerprint density at radius 1 is 1.40 bits per heavy atom. The van der Waals surface area contributed by atoms with Gasteiger partial charge in [0.2, 0.25) is 0 Å². The molecule has 0 spiro atoms. The van der Waals surface area contributed by atoms with E-state index < -0.39 is 0 Å². The van der Waals surface area contributed by atoms with Crippen molar-refractivity contribution < 1.29 is 5.11 Å². The minimum absolute atomic E-state index is 0.128. The van der Waals surface area contributed by atoms with Gasteiger partial charge in [0.1, 0.15) is 12.2 Å². The van der Waals surface area contributed by atoms with Gasteiger partial charge in [-0.15, -0.1) is 10.2 Å². The van der Waals surface area contributed by atoms with Gasteiger partial charge in [0.05, 0.1) is 13.2 Å². The summed E-state index contributed by atoms with van der Waals surface area (Å²) in [5.41, 5.74) is -0.128. The molecule has 2 N–H and O–H groups in total. The molecule has 0 bridgehead atoms. The van der Waals surface area contributed by atoms with Crippen molar-refractivity contribution in [3.63, 3.8) is 0 Å². The molecule has 6 heteroatoms. The summed E-state index contributed by atoms with van der Waals surface area (Å²) >= 11 is 0. The zero-order chi connectivity index (χ0) is 14.4. The highest BCUT2D eigenvalue weighted by Gasteiger charge is 2.21. The summed E-state index contributed by atoms with van der Waals surface area (Å²) in [4.78, 5) is 2.44. The minimum Gasteiger partial charge on any atom is -0.394 e. The van der Waals surface area contributed by atoms with Crippen molar-refractivity contribution in [1.82, 2.24) is 25.0 Å². The van der Waals surface area contributed by atoms with Gasteiger partial charge in [0, 0.05) is 18.6 Å². The normalized spacial score (nSPS) is 18.8. The van der Waals surface area contributed by atoms with Crippen molar-refractivity contribution in [2.24, 2.45) is 0 Å². The SMILES string of the molecule is CCNC(C)(CO)CCCCN1CCn2cnnc2C1. The summed E-state index contributed by atoms with van der Waals surface area (Å²) in [6.45, 7) is 9.36. The third-order valence-electron chi connectivity index (χ3n) is 4.12. The van der Waals surface area contributed by atoms with Crippen molar-refractivity contribution >= 4 is 0 Å². The molecule has 114 valence electrons. The molecule has 20 heavy (non-hydrogen) atoms. The van der Waals surface area contributed by atoms with Crippen LogP contribution in [0.4, 0.5) is 0 Å². The van der Waals surface area contributed by atoms with E-state index in [0.29, 0.717) is 0 Å². The molecule has 0 saturated carbocycles. The van der Waals surface area contributed by atoms with Crippen LogP contribution in [0.2, 0.25) is 0 Å². The number of aliphatic hydroxyl groups is 1. The predicted molar refractivity (Wildman–Crippen MR) is 78.3 cm³/mol. The predicted octanol–water partition coefficient (Wildman–Crippen LogP) is 0.625. The van der Waals surface area contributed by atoms with E-state index in [0.717, 1.165) is 57.8 Å². The maximum absolute atomic E-state index is 9.46. The quantitative estimate of drug-likeness (QED) is 0.684. The van der Waals surface area contributed by atoms with Crippen LogP contribution in [0.1, 0.15) is 38.9 Å². The van der Waals surface area contributed by atoms with Crippen molar-refractivity contribution in [2.45, 2.75) is 51.7 Å². The van der Waals surface area contributed by atoms with E-state index in [9.17, 15) is 5.11 Å². The topological polar surface area (TPSA) is 66.2 Å². The van der Waals surface area contributed by atoms with Gasteiger partial charge < -0.3 is 15.0 Å². The van der Waals surface area contributed by atoms with E-state index in [4.69, 9.17) is 0 Å². The number of fused-ring (bicyclic) bond motifs is 1. The third kappa shape index (κ3) is 4.01. The van der Waals surface area contributed by atoms with Gasteiger partial charge in [0.15, 0.2) is 0 Å². The number of hydrogen-bond acceptors (Lipinski definition) is 5. The fraction of sp³-hybridized carbons (Fsp3) is 0.857. The van der Waals surface area contributed by atoms with Crippen LogP contribution in [-0.4, -0.2) is 56.6 Å². The molecule has 1 aliphatic rings. The number of nitrogens with zero attached hydrogens (tertiary/aromatic N) is 4. The first kappa shape index (κ1) is 15.4. The molecular weight excluding hydrogens is 254 g/mol. The summed E-state index contributed by atoms with van der Waals surface area (Å²) < 4.78 is 2.13. The van der Waals surface area contributed by atoms with Crippen LogP contribution in [-0.2, 0) is 13.1 Å². The average molecular weight is 281 g/mol. The first-order valence-electron chi connectivity index (χ1n) is 7.62.